The first kappa shape index (κ1) is 5.00. The van der Waals surface area contributed by atoms with E-state index in [-0.39, 0.29) is 0 Å². The van der Waals surface area contributed by atoms with Gasteiger partial charge in [0.15, 0.2) is 0 Å². The Morgan fingerprint density at radius 3 is 3.40 bits per heavy atom. The predicted octanol–water partition coefficient (Wildman–Crippen LogP) is 1.58. The van der Waals surface area contributed by atoms with Crippen molar-refractivity contribution in [2.75, 3.05) is 0 Å². The molecule has 0 saturated heterocycles. The number of allylic oxidation sites excluding steroid dienone is 3. The largest absolute Gasteiger partial charge is 0.385 e. The lowest BCUT2D eigenvalue weighted by Crippen LogP contribution is -2.12. The molecule has 1 heterocycles. The topological polar surface area (TPSA) is 12.0 Å². The fraction of sp³-hybridized carbons (Fsp3) is 0.556. The summed E-state index contributed by atoms with van der Waals surface area (Å²) >= 11 is 0. The fourth-order valence-corrected chi connectivity index (χ4v) is 2.11. The number of hydrogen-bond donors (Lipinski definition) is 1. The van der Waals surface area contributed by atoms with Gasteiger partial charge in [0.1, 0.15) is 0 Å². The quantitative estimate of drug-likeness (QED) is 0.529. The first-order valence-corrected chi connectivity index (χ1v) is 4.11. The fourth-order valence-electron chi connectivity index (χ4n) is 2.11. The molecule has 1 N–H and O–H groups in total. The zero-order chi connectivity index (χ0) is 6.55. The van der Waals surface area contributed by atoms with Crippen LogP contribution in [0.4, 0.5) is 0 Å². The third-order valence-electron chi connectivity index (χ3n) is 2.76. The molecular weight excluding hydrogens is 122 g/mol. The molecule has 2 aliphatic carbocycles. The summed E-state index contributed by atoms with van der Waals surface area (Å²) in [5.74, 6) is 0.909. The third kappa shape index (κ3) is 0.487. The van der Waals surface area contributed by atoms with Crippen molar-refractivity contribution in [1.82, 2.24) is 5.32 Å². The Balaban J connectivity index is 2.04. The van der Waals surface area contributed by atoms with Gasteiger partial charge in [0.25, 0.3) is 0 Å². The van der Waals surface area contributed by atoms with Gasteiger partial charge in [-0.15, -0.1) is 0 Å². The van der Waals surface area contributed by atoms with E-state index >= 15 is 0 Å². The Morgan fingerprint density at radius 2 is 2.50 bits per heavy atom. The molecule has 1 nitrogen and oxygen atoms in total. The molecule has 0 bridgehead atoms. The summed E-state index contributed by atoms with van der Waals surface area (Å²) in [6, 6.07) is 0.841. The minimum Gasteiger partial charge on any atom is -0.385 e. The average molecular weight is 133 g/mol. The molecule has 52 valence electrons. The molecule has 0 aromatic rings. The first-order chi connectivity index (χ1) is 4.95. The second kappa shape index (κ2) is 1.47. The normalized spacial score (nSPS) is 40.8. The monoisotopic (exact) mass is 133 g/mol. The van der Waals surface area contributed by atoms with Crippen LogP contribution in [0.5, 0.6) is 0 Å². The maximum atomic E-state index is 3.56. The van der Waals surface area contributed by atoms with Crippen molar-refractivity contribution >= 4 is 0 Å². The van der Waals surface area contributed by atoms with Gasteiger partial charge < -0.3 is 5.32 Å². The lowest BCUT2D eigenvalue weighted by molar-refractivity contribution is 0.766. The first-order valence-electron chi connectivity index (χ1n) is 4.11. The van der Waals surface area contributed by atoms with E-state index in [0.717, 1.165) is 12.0 Å². The van der Waals surface area contributed by atoms with Crippen LogP contribution in [0, 0.1) is 5.92 Å². The third-order valence-corrected chi connectivity index (χ3v) is 2.76. The summed E-state index contributed by atoms with van der Waals surface area (Å²) in [5.41, 5.74) is 3.17. The van der Waals surface area contributed by atoms with Crippen LogP contribution >= 0.6 is 0 Å². The second-order valence-electron chi connectivity index (χ2n) is 3.47. The molecule has 1 fully saturated rings. The lowest BCUT2D eigenvalue weighted by Gasteiger charge is -2.10. The van der Waals surface area contributed by atoms with Gasteiger partial charge in [-0.05, 0) is 24.8 Å². The van der Waals surface area contributed by atoms with Gasteiger partial charge >= 0.3 is 0 Å². The standard InChI is InChI=1S/C9H11N/c1-2-4-8-6(3-1)7-5-9(7)10-8/h1,3,7,9-10H,2,4-5H2/t7-,9+/m0/s1. The number of hydrogen-bond acceptors (Lipinski definition) is 1. The van der Waals surface area contributed by atoms with E-state index in [1.807, 2.05) is 0 Å². The zero-order valence-corrected chi connectivity index (χ0v) is 5.93. The molecule has 1 heteroatoms. The smallest absolute Gasteiger partial charge is 0.0335 e. The maximum Gasteiger partial charge on any atom is 0.0335 e. The van der Waals surface area contributed by atoms with E-state index in [1.54, 1.807) is 11.3 Å². The van der Waals surface area contributed by atoms with Crippen LogP contribution in [0.25, 0.3) is 0 Å². The van der Waals surface area contributed by atoms with Gasteiger partial charge in [-0.1, -0.05) is 12.2 Å². The van der Waals surface area contributed by atoms with Crippen molar-refractivity contribution in [3.63, 3.8) is 0 Å². The zero-order valence-electron chi connectivity index (χ0n) is 5.93. The molecule has 0 spiro atoms. The van der Waals surface area contributed by atoms with Crippen LogP contribution in [-0.2, 0) is 0 Å². The van der Waals surface area contributed by atoms with Gasteiger partial charge in [0.2, 0.25) is 0 Å². The van der Waals surface area contributed by atoms with E-state index in [0.29, 0.717) is 0 Å². The van der Waals surface area contributed by atoms with Crippen molar-refractivity contribution in [3.8, 4) is 0 Å². The maximum absolute atomic E-state index is 3.56. The number of rotatable bonds is 0. The molecule has 2 atom stereocenters. The highest BCUT2D eigenvalue weighted by Crippen LogP contribution is 2.46. The van der Waals surface area contributed by atoms with Crippen LogP contribution in [-0.4, -0.2) is 6.04 Å². The van der Waals surface area contributed by atoms with Crippen LogP contribution in [0.1, 0.15) is 19.3 Å². The predicted molar refractivity (Wildman–Crippen MR) is 40.4 cm³/mol. The molecule has 0 aromatic carbocycles. The molecule has 1 aliphatic heterocycles. The minimum atomic E-state index is 0.841. The van der Waals surface area contributed by atoms with E-state index in [2.05, 4.69) is 17.5 Å². The van der Waals surface area contributed by atoms with Crippen LogP contribution in [0.3, 0.4) is 0 Å². The van der Waals surface area contributed by atoms with Gasteiger partial charge in [-0.3, -0.25) is 0 Å². The van der Waals surface area contributed by atoms with Crippen molar-refractivity contribution in [2.45, 2.75) is 25.3 Å². The summed E-state index contributed by atoms with van der Waals surface area (Å²) in [6.45, 7) is 0. The van der Waals surface area contributed by atoms with Gasteiger partial charge in [-0.25, -0.2) is 0 Å². The Morgan fingerprint density at radius 1 is 1.50 bits per heavy atom. The average Bonchev–Trinajstić information content (AvgIpc) is 2.64. The number of fused-ring (bicyclic) bond motifs is 2. The summed E-state index contributed by atoms with van der Waals surface area (Å²) < 4.78 is 0. The van der Waals surface area contributed by atoms with E-state index in [4.69, 9.17) is 0 Å². The summed E-state index contributed by atoms with van der Waals surface area (Å²) in [7, 11) is 0. The summed E-state index contributed by atoms with van der Waals surface area (Å²) in [4.78, 5) is 0. The van der Waals surface area contributed by atoms with Gasteiger partial charge in [-0.2, -0.15) is 0 Å². The second-order valence-corrected chi connectivity index (χ2v) is 3.47. The summed E-state index contributed by atoms with van der Waals surface area (Å²) in [5, 5.41) is 3.56. The summed E-state index contributed by atoms with van der Waals surface area (Å²) in [6.07, 6.45) is 8.53. The van der Waals surface area contributed by atoms with Gasteiger partial charge in [0, 0.05) is 17.7 Å². The minimum absolute atomic E-state index is 0.841. The van der Waals surface area contributed by atoms with Crippen molar-refractivity contribution in [1.29, 1.82) is 0 Å². The highest BCUT2D eigenvalue weighted by Gasteiger charge is 2.45. The van der Waals surface area contributed by atoms with Crippen molar-refractivity contribution < 1.29 is 0 Å². The van der Waals surface area contributed by atoms with Crippen molar-refractivity contribution in [2.24, 2.45) is 5.92 Å². The van der Waals surface area contributed by atoms with Gasteiger partial charge in [0.05, 0.1) is 0 Å². The molecule has 0 aromatic heterocycles. The SMILES string of the molecule is C1=CC2=C(CC1)N[C@@H]1C[C@@H]21. The molecule has 3 rings (SSSR count). The van der Waals surface area contributed by atoms with E-state index in [9.17, 15) is 0 Å². The highest BCUT2D eigenvalue weighted by molar-refractivity contribution is 5.41. The lowest BCUT2D eigenvalue weighted by atomic mass is 10.0. The van der Waals surface area contributed by atoms with E-state index < -0.39 is 0 Å². The van der Waals surface area contributed by atoms with E-state index in [1.165, 1.54) is 19.3 Å². The molecule has 10 heavy (non-hydrogen) atoms. The molecule has 3 aliphatic rings. The molecule has 0 unspecified atom stereocenters. The number of nitrogens with one attached hydrogen (secondary N) is 1. The Bertz CT molecular complexity index is 237. The highest BCUT2D eigenvalue weighted by atomic mass is 15.0. The Labute approximate surface area is 60.8 Å². The Kier molecular flexibility index (Phi) is 0.735. The molecule has 1 saturated carbocycles. The Hall–Kier alpha value is -0.720. The van der Waals surface area contributed by atoms with Crippen LogP contribution in [0.15, 0.2) is 23.4 Å². The van der Waals surface area contributed by atoms with Crippen LogP contribution < -0.4 is 5.32 Å². The molecular formula is C9H11N. The molecule has 0 amide bonds. The van der Waals surface area contributed by atoms with Crippen molar-refractivity contribution in [3.05, 3.63) is 23.4 Å². The van der Waals surface area contributed by atoms with Crippen LogP contribution in [0.2, 0.25) is 0 Å². The molecule has 0 radical (unpaired) electrons.